The molecule has 23 heavy (non-hydrogen) atoms. The van der Waals surface area contributed by atoms with Gasteiger partial charge in [-0.25, -0.2) is 9.37 Å². The summed E-state index contributed by atoms with van der Waals surface area (Å²) in [6, 6.07) is 5.70. The molecule has 0 saturated carbocycles. The largest absolute Gasteiger partial charge is 0.294 e. The molecule has 6 heteroatoms. The maximum Gasteiger partial charge on any atom is 0.262 e. The Labute approximate surface area is 142 Å². The lowest BCUT2D eigenvalue weighted by molar-refractivity contribution is 0.435. The number of fused-ring (bicyclic) bond motifs is 1. The van der Waals surface area contributed by atoms with Crippen LogP contribution in [0, 0.1) is 20.8 Å². The fourth-order valence-electron chi connectivity index (χ4n) is 2.79. The number of rotatable bonds is 3. The minimum absolute atomic E-state index is 0.0294. The van der Waals surface area contributed by atoms with Crippen LogP contribution in [0.3, 0.4) is 0 Å². The van der Waals surface area contributed by atoms with E-state index in [4.69, 9.17) is 11.6 Å². The average molecular weight is 351 g/mol. The molecule has 0 unspecified atom stereocenters. The van der Waals surface area contributed by atoms with Crippen LogP contribution in [0.4, 0.5) is 4.39 Å². The average Bonchev–Trinajstić information content (AvgIpc) is 2.82. The van der Waals surface area contributed by atoms with E-state index in [1.54, 1.807) is 6.92 Å². The summed E-state index contributed by atoms with van der Waals surface area (Å²) in [5.41, 5.74) is 2.57. The molecule has 2 aromatic heterocycles. The van der Waals surface area contributed by atoms with E-state index in [1.807, 2.05) is 32.0 Å². The van der Waals surface area contributed by atoms with Crippen LogP contribution in [-0.2, 0) is 6.54 Å². The third-order valence-electron chi connectivity index (χ3n) is 3.93. The van der Waals surface area contributed by atoms with Crippen molar-refractivity contribution in [1.29, 1.82) is 0 Å². The van der Waals surface area contributed by atoms with Gasteiger partial charge in [-0.05, 0) is 44.0 Å². The van der Waals surface area contributed by atoms with Crippen LogP contribution in [0.1, 0.15) is 16.3 Å². The normalized spacial score (nSPS) is 11.3. The van der Waals surface area contributed by atoms with Crippen LogP contribution in [0.2, 0.25) is 5.02 Å². The zero-order chi connectivity index (χ0) is 16.7. The first kappa shape index (κ1) is 16.1. The van der Waals surface area contributed by atoms with Crippen molar-refractivity contribution in [2.45, 2.75) is 27.3 Å². The Hall–Kier alpha value is -1.72. The van der Waals surface area contributed by atoms with Gasteiger partial charge in [-0.1, -0.05) is 17.7 Å². The molecule has 0 aliphatic carbocycles. The molecule has 0 atom stereocenters. The number of aromatic nitrogens is 2. The van der Waals surface area contributed by atoms with Gasteiger partial charge in [0.15, 0.2) is 0 Å². The predicted octanol–water partition coefficient (Wildman–Crippen LogP) is 4.67. The topological polar surface area (TPSA) is 34.9 Å². The number of halogens is 2. The molecule has 0 fully saturated rings. The van der Waals surface area contributed by atoms with E-state index in [2.05, 4.69) is 4.98 Å². The van der Waals surface area contributed by atoms with Crippen LogP contribution in [0.25, 0.3) is 21.3 Å². The summed E-state index contributed by atoms with van der Waals surface area (Å²) in [5, 5.41) is 1.25. The first-order chi connectivity index (χ1) is 10.9. The van der Waals surface area contributed by atoms with Crippen molar-refractivity contribution in [3.63, 3.8) is 0 Å². The van der Waals surface area contributed by atoms with Crippen LogP contribution >= 0.6 is 22.9 Å². The Bertz CT molecular complexity index is 961. The summed E-state index contributed by atoms with van der Waals surface area (Å²) in [6.07, 6.45) is 0. The number of hydrogen-bond donors (Lipinski definition) is 0. The van der Waals surface area contributed by atoms with Crippen molar-refractivity contribution in [3.8, 4) is 11.1 Å². The summed E-state index contributed by atoms with van der Waals surface area (Å²) >= 11 is 7.59. The fraction of sp³-hybridized carbons (Fsp3) is 0.294. The molecular formula is C17H16ClFN2OS. The van der Waals surface area contributed by atoms with Crippen molar-refractivity contribution < 1.29 is 4.39 Å². The zero-order valence-electron chi connectivity index (χ0n) is 13.1. The maximum atomic E-state index is 12.8. The van der Waals surface area contributed by atoms with Gasteiger partial charge in [0.25, 0.3) is 5.56 Å². The summed E-state index contributed by atoms with van der Waals surface area (Å²) in [4.78, 5) is 19.0. The molecule has 0 aliphatic heterocycles. The van der Waals surface area contributed by atoms with Gasteiger partial charge in [0.05, 0.1) is 11.9 Å². The van der Waals surface area contributed by atoms with E-state index in [-0.39, 0.29) is 12.1 Å². The molecule has 1 aromatic carbocycles. The quantitative estimate of drug-likeness (QED) is 0.687. The van der Waals surface area contributed by atoms with Gasteiger partial charge in [-0.15, -0.1) is 11.3 Å². The Kier molecular flexibility index (Phi) is 4.25. The van der Waals surface area contributed by atoms with E-state index in [0.717, 1.165) is 21.6 Å². The van der Waals surface area contributed by atoms with Crippen molar-refractivity contribution in [1.82, 2.24) is 9.55 Å². The molecule has 3 nitrogen and oxygen atoms in total. The molecule has 0 N–H and O–H groups in total. The molecule has 0 spiro atoms. The molecular weight excluding hydrogens is 335 g/mol. The Balaban J connectivity index is 2.36. The number of hydrogen-bond acceptors (Lipinski definition) is 3. The highest BCUT2D eigenvalue weighted by atomic mass is 35.5. The van der Waals surface area contributed by atoms with Crippen molar-refractivity contribution in [2.75, 3.05) is 6.67 Å². The monoisotopic (exact) mass is 350 g/mol. The summed E-state index contributed by atoms with van der Waals surface area (Å²) < 4.78 is 14.2. The molecule has 3 aromatic rings. The number of aryl methyl sites for hydroxylation is 3. The second-order valence-electron chi connectivity index (χ2n) is 5.48. The first-order valence-corrected chi connectivity index (χ1v) is 8.46. The summed E-state index contributed by atoms with van der Waals surface area (Å²) in [5.74, 6) is 0.542. The fourth-order valence-corrected chi connectivity index (χ4v) is 3.99. The molecule has 3 rings (SSSR count). The van der Waals surface area contributed by atoms with Crippen LogP contribution < -0.4 is 5.56 Å². The number of alkyl halides is 1. The van der Waals surface area contributed by atoms with Gasteiger partial charge in [-0.2, -0.15) is 0 Å². The Morgan fingerprint density at radius 1 is 1.30 bits per heavy atom. The third-order valence-corrected chi connectivity index (χ3v) is 5.36. The molecule has 2 heterocycles. The molecule has 0 aliphatic rings. The van der Waals surface area contributed by atoms with E-state index >= 15 is 0 Å². The number of nitrogens with zero attached hydrogens (tertiary/aromatic N) is 2. The lowest BCUT2D eigenvalue weighted by Crippen LogP contribution is -2.24. The van der Waals surface area contributed by atoms with Crippen LogP contribution in [-0.4, -0.2) is 16.2 Å². The smallest absolute Gasteiger partial charge is 0.262 e. The van der Waals surface area contributed by atoms with Crippen molar-refractivity contribution >= 4 is 33.2 Å². The third kappa shape index (κ3) is 2.68. The van der Waals surface area contributed by atoms with Gasteiger partial charge in [0, 0.05) is 15.5 Å². The molecule has 0 saturated heterocycles. The number of thiophene rings is 1. The lowest BCUT2D eigenvalue weighted by Gasteiger charge is -2.09. The summed E-state index contributed by atoms with van der Waals surface area (Å²) in [6.45, 7) is 5.07. The number of benzene rings is 1. The highest BCUT2D eigenvalue weighted by Crippen LogP contribution is 2.36. The second kappa shape index (κ2) is 6.06. The Morgan fingerprint density at radius 3 is 2.70 bits per heavy atom. The lowest BCUT2D eigenvalue weighted by atomic mass is 10.0. The SMILES string of the molecule is Cc1cc(-c2c(C)sc3nc(C)n(CCF)c(=O)c23)ccc1Cl. The standard InChI is InChI=1S/C17H16ClFN2OS/c1-9-8-12(4-5-13(9)18)14-10(2)23-16-15(14)17(22)21(7-6-19)11(3)20-16/h4-5,8H,6-7H2,1-3H3. The Morgan fingerprint density at radius 2 is 2.04 bits per heavy atom. The summed E-state index contributed by atoms with van der Waals surface area (Å²) in [7, 11) is 0. The van der Waals surface area contributed by atoms with Gasteiger partial charge >= 0.3 is 0 Å². The minimum atomic E-state index is -0.591. The van der Waals surface area contributed by atoms with E-state index < -0.39 is 6.67 Å². The minimum Gasteiger partial charge on any atom is -0.294 e. The van der Waals surface area contributed by atoms with Gasteiger partial charge in [0.1, 0.15) is 17.3 Å². The van der Waals surface area contributed by atoms with Crippen LogP contribution in [0.15, 0.2) is 23.0 Å². The molecule has 0 amide bonds. The highest BCUT2D eigenvalue weighted by Gasteiger charge is 2.18. The van der Waals surface area contributed by atoms with Crippen molar-refractivity contribution in [3.05, 3.63) is 49.8 Å². The van der Waals surface area contributed by atoms with Crippen LogP contribution in [0.5, 0.6) is 0 Å². The van der Waals surface area contributed by atoms with Gasteiger partial charge in [-0.3, -0.25) is 9.36 Å². The zero-order valence-corrected chi connectivity index (χ0v) is 14.7. The molecule has 0 radical (unpaired) electrons. The maximum absolute atomic E-state index is 12.8. The van der Waals surface area contributed by atoms with E-state index in [0.29, 0.717) is 21.1 Å². The first-order valence-electron chi connectivity index (χ1n) is 7.27. The highest BCUT2D eigenvalue weighted by molar-refractivity contribution is 7.19. The predicted molar refractivity (Wildman–Crippen MR) is 94.5 cm³/mol. The second-order valence-corrected chi connectivity index (χ2v) is 7.09. The molecule has 120 valence electrons. The molecule has 0 bridgehead atoms. The van der Waals surface area contributed by atoms with E-state index in [1.165, 1.54) is 15.9 Å². The van der Waals surface area contributed by atoms with Gasteiger partial charge < -0.3 is 0 Å². The van der Waals surface area contributed by atoms with Gasteiger partial charge in [0.2, 0.25) is 0 Å². The van der Waals surface area contributed by atoms with Crippen molar-refractivity contribution in [2.24, 2.45) is 0 Å². The van der Waals surface area contributed by atoms with E-state index in [9.17, 15) is 9.18 Å².